The Balaban J connectivity index is 0.000000116. The minimum Gasteiger partial charge on any atom is -0.272 e. The van der Waals surface area contributed by atoms with Gasteiger partial charge in [-0.25, -0.2) is 44.9 Å². The third-order valence-electron chi connectivity index (χ3n) is 29.8. The number of benzene rings is 18. The maximum absolute atomic E-state index is 5.03. The highest BCUT2D eigenvalue weighted by molar-refractivity contribution is 6.02. The van der Waals surface area contributed by atoms with Crippen molar-refractivity contribution < 1.29 is 0 Å². The molecule has 27 rings (SSSR count). The van der Waals surface area contributed by atoms with Gasteiger partial charge in [-0.3, -0.25) is 15.0 Å². The van der Waals surface area contributed by atoms with Crippen LogP contribution in [0.1, 0.15) is 77.8 Å². The molecule has 149 heavy (non-hydrogen) atoms. The Morgan fingerprint density at radius 2 is 0.537 bits per heavy atom. The van der Waals surface area contributed by atoms with E-state index < -0.39 is 0 Å². The van der Waals surface area contributed by atoms with E-state index in [1.165, 1.54) is 122 Å². The van der Waals surface area contributed by atoms with Crippen molar-refractivity contribution in [3.63, 3.8) is 0 Å². The molecule has 0 atom stereocenters. The van der Waals surface area contributed by atoms with Crippen LogP contribution in [0.25, 0.3) is 219 Å². The van der Waals surface area contributed by atoms with E-state index in [1.807, 2.05) is 140 Å². The minimum atomic E-state index is -0.380. The van der Waals surface area contributed by atoms with Gasteiger partial charge in [0.1, 0.15) is 0 Å². The first-order valence-electron chi connectivity index (χ1n) is 50.3. The van der Waals surface area contributed by atoms with Gasteiger partial charge in [-0.05, 0) is 191 Å². The van der Waals surface area contributed by atoms with Crippen molar-refractivity contribution in [1.82, 2.24) is 54.8 Å². The molecular weight excluding hydrogens is 1810 g/mol. The number of rotatable bonds is 17. The predicted octanol–water partition coefficient (Wildman–Crippen LogP) is 33.1. The average Bonchev–Trinajstić information content (AvgIpc) is 1.50. The van der Waals surface area contributed by atoms with Gasteiger partial charge in [-0.15, -0.1) is 0 Å². The number of nitrogens with zero attached hydrogens (tertiary/aromatic N) is 12. The summed E-state index contributed by atoms with van der Waals surface area (Å²) in [6.07, 6.45) is 10.8. The average molecular weight is 1910 g/mol. The number of aliphatic imine (C=N–C) groups is 1. The van der Waals surface area contributed by atoms with E-state index >= 15 is 0 Å². The predicted molar refractivity (Wildman–Crippen MR) is 608 cm³/mol. The van der Waals surface area contributed by atoms with Gasteiger partial charge in [-0.1, -0.05) is 471 Å². The van der Waals surface area contributed by atoms with Crippen LogP contribution in [-0.4, -0.2) is 61.5 Å². The first-order chi connectivity index (χ1) is 73.3. The van der Waals surface area contributed by atoms with Gasteiger partial charge in [-0.2, -0.15) is 0 Å². The molecule has 4 aliphatic rings. The molecule has 0 saturated carbocycles. The third kappa shape index (κ3) is 16.4. The molecular formula is C137H96N12. The second-order valence-corrected chi connectivity index (χ2v) is 39.0. The molecule has 12 heteroatoms. The lowest BCUT2D eigenvalue weighted by Gasteiger charge is -2.30. The summed E-state index contributed by atoms with van der Waals surface area (Å²) in [5.74, 6) is 5.70. The largest absolute Gasteiger partial charge is 0.272 e. The van der Waals surface area contributed by atoms with Gasteiger partial charge in [0.2, 0.25) is 0 Å². The molecule has 0 N–H and O–H groups in total. The fourth-order valence-electron chi connectivity index (χ4n) is 22.5. The zero-order valence-corrected chi connectivity index (χ0v) is 82.5. The normalized spacial score (nSPS) is 13.0. The summed E-state index contributed by atoms with van der Waals surface area (Å²) in [4.78, 5) is 57.1. The van der Waals surface area contributed by atoms with E-state index in [0.29, 0.717) is 52.4 Å². The highest BCUT2D eigenvalue weighted by Crippen LogP contribution is 2.65. The van der Waals surface area contributed by atoms with Crippen molar-refractivity contribution in [2.24, 2.45) is 4.99 Å². The van der Waals surface area contributed by atoms with Crippen LogP contribution in [0.5, 0.6) is 0 Å². The van der Waals surface area contributed by atoms with E-state index in [9.17, 15) is 0 Å². The van der Waals surface area contributed by atoms with E-state index in [1.54, 1.807) is 24.7 Å². The van der Waals surface area contributed by atoms with Crippen LogP contribution in [0.2, 0.25) is 0 Å². The fourth-order valence-corrected chi connectivity index (χ4v) is 22.5. The summed E-state index contributed by atoms with van der Waals surface area (Å²) in [6, 6.07) is 158. The Labute approximate surface area is 866 Å². The van der Waals surface area contributed by atoms with Gasteiger partial charge in [0, 0.05) is 91.9 Å². The number of pyridine rings is 2. The van der Waals surface area contributed by atoms with E-state index in [-0.39, 0.29) is 16.2 Å². The van der Waals surface area contributed by atoms with Crippen LogP contribution in [-0.2, 0) is 16.2 Å². The molecule has 0 amide bonds. The Bertz CT molecular complexity index is 9110. The summed E-state index contributed by atoms with van der Waals surface area (Å²) < 4.78 is 0. The number of allylic oxidation sites excluding steroid dienone is 2. The van der Waals surface area contributed by atoms with Gasteiger partial charge in [0.25, 0.3) is 0 Å². The Morgan fingerprint density at radius 3 is 0.953 bits per heavy atom. The molecule has 12 nitrogen and oxygen atoms in total. The van der Waals surface area contributed by atoms with E-state index in [0.717, 1.165) is 94.6 Å². The van der Waals surface area contributed by atoms with Gasteiger partial charge in [0.05, 0.1) is 5.41 Å². The van der Waals surface area contributed by atoms with Crippen molar-refractivity contribution >= 4 is 23.1 Å². The second kappa shape index (κ2) is 38.1. The topological polar surface area (TPSA) is 154 Å². The molecule has 704 valence electrons. The van der Waals surface area contributed by atoms with Crippen molar-refractivity contribution in [3.05, 3.63) is 543 Å². The van der Waals surface area contributed by atoms with Gasteiger partial charge >= 0.3 is 0 Å². The smallest absolute Gasteiger partial charge is 0.164 e. The van der Waals surface area contributed by atoms with E-state index in [4.69, 9.17) is 44.9 Å². The molecule has 5 heterocycles. The highest BCUT2D eigenvalue weighted by Gasteiger charge is 2.52. The molecule has 0 radical (unpaired) electrons. The van der Waals surface area contributed by atoms with Crippen LogP contribution < -0.4 is 0 Å². The fraction of sp³-hybridized carbons (Fsp3) is 0.0511. The standard InChI is InChI=1S/C51H34N4.C45H32N4.C41H30N4/c1-3-33(32-52-2)34-24-28-37(29-25-34)49-53-48(36-14-5-4-6-15-36)54-50(55-49)38-30-26-35(27-31-38)39-19-13-23-46-47(39)42-18-9-12-22-45(42)51(46)43-20-10-7-16-40(43)41-17-8-11-21-44(41)51;1-45(2)40-25-23-35(27-39(40)38-24-22-31-9-6-7-13-37(31)41(38)45)29-14-18-33(19-15-29)43-47-42(32-10-4-3-5-11-32)48-44(49-43)34-20-16-30(17-21-34)36-12-8-26-46-28-36;1-41(2)35-15-7-6-13-34(35)37-33(14-8-16-36(37)41)28-19-23-31(24-20-28)40-44-38(29-10-4-3-5-11-29)43-39(45-40)30-21-17-27(18-22-30)32-12-9-25-42-26-32/h3-32H,1-2H2;3-28H,1-2H3;3-26H,1-2H3/b33-32+;;. The molecule has 23 aromatic rings. The maximum atomic E-state index is 5.03. The van der Waals surface area contributed by atoms with Crippen LogP contribution >= 0.6 is 0 Å². The lowest BCUT2D eigenvalue weighted by molar-refractivity contribution is 0.660. The van der Waals surface area contributed by atoms with Crippen molar-refractivity contribution in [2.45, 2.75) is 43.9 Å². The molecule has 0 fully saturated rings. The third-order valence-corrected chi connectivity index (χ3v) is 29.8. The van der Waals surface area contributed by atoms with Crippen LogP contribution in [0.15, 0.2) is 498 Å². The van der Waals surface area contributed by atoms with Crippen LogP contribution in [0, 0.1) is 0 Å². The molecule has 18 aromatic carbocycles. The molecule has 0 aliphatic heterocycles. The summed E-state index contributed by atoms with van der Waals surface area (Å²) in [5.41, 5.74) is 42.6. The SMILES string of the molecule is C=C/C(=C\N=C)c1ccc(-c2nc(-c3ccccc3)nc(-c3ccc(-c4cccc5c4-c4ccccc4C54c5ccccc5-c5ccccc54)cc3)n2)cc1.CC1(C)c2ccc(-c3ccc(-c4nc(-c5ccccc5)nc(-c5ccc(-c6cccnc6)cc5)n4)cc3)cc2-c2ccc3ccccc3c21.CC1(C)c2ccccc2-c2c(-c3ccc(-c4nc(-c5ccccc5)nc(-c5ccc(-c6cccnc6)cc5)n4)cc3)cccc21. The number of hydrogen-bond acceptors (Lipinski definition) is 12. The Hall–Kier alpha value is -19.3. The first kappa shape index (κ1) is 90.9. The van der Waals surface area contributed by atoms with Crippen molar-refractivity contribution in [3.8, 4) is 203 Å². The maximum Gasteiger partial charge on any atom is 0.164 e. The molecule has 1 spiro atoms. The second-order valence-electron chi connectivity index (χ2n) is 39.0. The zero-order valence-electron chi connectivity index (χ0n) is 82.5. The van der Waals surface area contributed by atoms with Crippen molar-refractivity contribution in [1.29, 1.82) is 0 Å². The monoisotopic (exact) mass is 1910 g/mol. The molecule has 0 unspecified atom stereocenters. The van der Waals surface area contributed by atoms with Gasteiger partial charge < -0.3 is 0 Å². The lowest BCUT2D eigenvalue weighted by atomic mass is 9.70. The van der Waals surface area contributed by atoms with Crippen molar-refractivity contribution in [2.75, 3.05) is 0 Å². The van der Waals surface area contributed by atoms with E-state index in [2.05, 4.69) is 377 Å². The minimum absolute atomic E-state index is 0.0345. The number of aromatic nitrogens is 11. The molecule has 4 aliphatic carbocycles. The molecule has 0 saturated heterocycles. The summed E-state index contributed by atoms with van der Waals surface area (Å²) in [5, 5.41) is 2.62. The number of fused-ring (bicyclic) bond motifs is 18. The van der Waals surface area contributed by atoms with Crippen LogP contribution in [0.4, 0.5) is 0 Å². The first-order valence-corrected chi connectivity index (χ1v) is 50.3. The molecule has 0 bridgehead atoms. The Morgan fingerprint density at radius 1 is 0.228 bits per heavy atom. The summed E-state index contributed by atoms with van der Waals surface area (Å²) in [6.45, 7) is 16.8. The summed E-state index contributed by atoms with van der Waals surface area (Å²) >= 11 is 0. The summed E-state index contributed by atoms with van der Waals surface area (Å²) in [7, 11) is 0. The van der Waals surface area contributed by atoms with Gasteiger partial charge in [0.15, 0.2) is 52.4 Å². The highest BCUT2D eigenvalue weighted by atomic mass is 15.1. The quantitative estimate of drug-likeness (QED) is 0.0632. The number of hydrogen-bond donors (Lipinski definition) is 0. The Kier molecular flexibility index (Phi) is 23.3. The van der Waals surface area contributed by atoms with Crippen LogP contribution in [0.3, 0.4) is 0 Å². The zero-order chi connectivity index (χ0) is 100. The molecule has 5 aromatic heterocycles. The lowest BCUT2D eigenvalue weighted by Crippen LogP contribution is -2.25.